The van der Waals surface area contributed by atoms with E-state index >= 15 is 0 Å². The topological polar surface area (TPSA) is 21.7 Å². The predicted octanol–water partition coefficient (Wildman–Crippen LogP) is 2.85. The number of hydrogen-bond donors (Lipinski definition) is 1. The lowest BCUT2D eigenvalue weighted by Gasteiger charge is -2.39. The van der Waals surface area contributed by atoms with Gasteiger partial charge in [0.1, 0.15) is 5.75 Å². The molecule has 1 aromatic carbocycles. The van der Waals surface area contributed by atoms with Crippen molar-refractivity contribution in [3.8, 4) is 5.75 Å². The first-order chi connectivity index (χ1) is 9.67. The van der Waals surface area contributed by atoms with Gasteiger partial charge in [0.2, 0.25) is 0 Å². The van der Waals surface area contributed by atoms with Gasteiger partial charge in [-0.2, -0.15) is 12.6 Å². The van der Waals surface area contributed by atoms with Gasteiger partial charge < -0.3 is 14.4 Å². The second kappa shape index (κ2) is 7.34. The first kappa shape index (κ1) is 15.7. The van der Waals surface area contributed by atoms with E-state index in [9.17, 15) is 0 Å². The fourth-order valence-corrected chi connectivity index (χ4v) is 3.30. The molecule has 1 aliphatic rings. The molecule has 0 unspecified atom stereocenters. The van der Waals surface area contributed by atoms with Crippen molar-refractivity contribution < 1.29 is 9.47 Å². The quantitative estimate of drug-likeness (QED) is 0.816. The highest BCUT2D eigenvalue weighted by Gasteiger charge is 2.32. The molecule has 0 saturated carbocycles. The Bertz CT molecular complexity index is 419. The molecule has 0 aromatic heterocycles. The van der Waals surface area contributed by atoms with Crippen LogP contribution in [0.1, 0.15) is 18.4 Å². The Morgan fingerprint density at radius 2 is 2.10 bits per heavy atom. The number of rotatable bonds is 6. The molecule has 0 atom stereocenters. The van der Waals surface area contributed by atoms with E-state index in [-0.39, 0.29) is 0 Å². The van der Waals surface area contributed by atoms with Crippen LogP contribution in [0.5, 0.6) is 5.75 Å². The Morgan fingerprint density at radius 3 is 2.75 bits per heavy atom. The molecule has 112 valence electrons. The molecule has 1 heterocycles. The highest BCUT2D eigenvalue weighted by atomic mass is 32.1. The Labute approximate surface area is 127 Å². The van der Waals surface area contributed by atoms with E-state index in [1.807, 2.05) is 12.1 Å². The number of benzene rings is 1. The molecule has 1 aliphatic heterocycles. The van der Waals surface area contributed by atoms with Crippen molar-refractivity contribution in [3.63, 3.8) is 0 Å². The van der Waals surface area contributed by atoms with E-state index in [1.165, 1.54) is 5.56 Å². The molecule has 2 rings (SSSR count). The van der Waals surface area contributed by atoms with Crippen molar-refractivity contribution in [2.24, 2.45) is 5.41 Å². The molecule has 0 N–H and O–H groups in total. The predicted molar refractivity (Wildman–Crippen MR) is 85.7 cm³/mol. The van der Waals surface area contributed by atoms with Crippen LogP contribution in [-0.2, 0) is 11.3 Å². The normalized spacial score (nSPS) is 18.2. The van der Waals surface area contributed by atoms with Crippen LogP contribution in [0.25, 0.3) is 0 Å². The van der Waals surface area contributed by atoms with E-state index < -0.39 is 0 Å². The Kier molecular flexibility index (Phi) is 5.75. The minimum Gasteiger partial charge on any atom is -0.497 e. The summed E-state index contributed by atoms with van der Waals surface area (Å²) in [4.78, 5) is 2.39. The van der Waals surface area contributed by atoms with Crippen molar-refractivity contribution >= 4 is 12.6 Å². The lowest BCUT2D eigenvalue weighted by molar-refractivity contribution is 0.0105. The molecule has 1 saturated heterocycles. The number of ether oxygens (including phenoxy) is 2. The number of thiol groups is 1. The summed E-state index contributed by atoms with van der Waals surface area (Å²) in [7, 11) is 3.89. The van der Waals surface area contributed by atoms with Crippen molar-refractivity contribution in [3.05, 3.63) is 29.8 Å². The van der Waals surface area contributed by atoms with E-state index in [0.29, 0.717) is 5.41 Å². The molecule has 0 radical (unpaired) electrons. The average molecular weight is 295 g/mol. The molecule has 0 amide bonds. The van der Waals surface area contributed by atoms with Gasteiger partial charge in [-0.15, -0.1) is 0 Å². The first-order valence-corrected chi connectivity index (χ1v) is 7.81. The maximum Gasteiger partial charge on any atom is 0.119 e. The molecule has 1 aromatic rings. The molecule has 0 aliphatic carbocycles. The van der Waals surface area contributed by atoms with Crippen LogP contribution in [0.15, 0.2) is 24.3 Å². The van der Waals surface area contributed by atoms with E-state index in [2.05, 4.69) is 36.7 Å². The lowest BCUT2D eigenvalue weighted by atomic mass is 9.81. The van der Waals surface area contributed by atoms with Crippen LogP contribution in [0, 0.1) is 5.41 Å². The van der Waals surface area contributed by atoms with Gasteiger partial charge in [0, 0.05) is 26.3 Å². The standard InChI is InChI=1S/C16H25NO2S/c1-17(11-14-4-3-5-15(10-14)18-2)12-16(13-20)6-8-19-9-7-16/h3-5,10,20H,6-9,11-13H2,1-2H3. The summed E-state index contributed by atoms with van der Waals surface area (Å²) in [5.41, 5.74) is 1.59. The van der Waals surface area contributed by atoms with Crippen molar-refractivity contribution in [1.82, 2.24) is 4.90 Å². The SMILES string of the molecule is COc1cccc(CN(C)CC2(CS)CCOCC2)c1. The monoisotopic (exact) mass is 295 g/mol. The van der Waals surface area contributed by atoms with Gasteiger partial charge in [0.05, 0.1) is 7.11 Å². The summed E-state index contributed by atoms with van der Waals surface area (Å²) in [6, 6.07) is 8.28. The summed E-state index contributed by atoms with van der Waals surface area (Å²) in [6.07, 6.45) is 2.22. The fraction of sp³-hybridized carbons (Fsp3) is 0.625. The third kappa shape index (κ3) is 4.14. The van der Waals surface area contributed by atoms with Crippen LogP contribution in [0.3, 0.4) is 0 Å². The van der Waals surface area contributed by atoms with Crippen LogP contribution < -0.4 is 4.74 Å². The Morgan fingerprint density at radius 1 is 1.35 bits per heavy atom. The van der Waals surface area contributed by atoms with Gasteiger partial charge in [0.15, 0.2) is 0 Å². The molecular formula is C16H25NO2S. The van der Waals surface area contributed by atoms with Crippen LogP contribution in [-0.4, -0.2) is 44.6 Å². The molecule has 20 heavy (non-hydrogen) atoms. The van der Waals surface area contributed by atoms with Gasteiger partial charge in [0.25, 0.3) is 0 Å². The molecule has 1 fully saturated rings. The minimum absolute atomic E-state index is 0.301. The van der Waals surface area contributed by atoms with Crippen LogP contribution in [0.4, 0.5) is 0 Å². The highest BCUT2D eigenvalue weighted by Crippen LogP contribution is 2.32. The van der Waals surface area contributed by atoms with E-state index in [4.69, 9.17) is 9.47 Å². The summed E-state index contributed by atoms with van der Waals surface area (Å²) in [5, 5.41) is 0. The lowest BCUT2D eigenvalue weighted by Crippen LogP contribution is -2.41. The van der Waals surface area contributed by atoms with Gasteiger partial charge in [-0.1, -0.05) is 12.1 Å². The first-order valence-electron chi connectivity index (χ1n) is 7.17. The average Bonchev–Trinajstić information content (AvgIpc) is 2.48. The van der Waals surface area contributed by atoms with Crippen molar-refractivity contribution in [1.29, 1.82) is 0 Å². The Balaban J connectivity index is 1.95. The third-order valence-electron chi connectivity index (χ3n) is 4.08. The van der Waals surface area contributed by atoms with Gasteiger partial charge in [-0.25, -0.2) is 0 Å². The molecular weight excluding hydrogens is 270 g/mol. The fourth-order valence-electron chi connectivity index (χ4n) is 2.88. The summed E-state index contributed by atoms with van der Waals surface area (Å²) in [6.45, 7) is 3.74. The van der Waals surface area contributed by atoms with E-state index in [1.54, 1.807) is 7.11 Å². The summed E-state index contributed by atoms with van der Waals surface area (Å²) >= 11 is 4.58. The highest BCUT2D eigenvalue weighted by molar-refractivity contribution is 7.80. The second-order valence-electron chi connectivity index (χ2n) is 5.79. The maximum absolute atomic E-state index is 5.49. The zero-order valence-electron chi connectivity index (χ0n) is 12.5. The van der Waals surface area contributed by atoms with Gasteiger partial charge in [-0.3, -0.25) is 0 Å². The molecule has 3 nitrogen and oxygen atoms in total. The number of hydrogen-bond acceptors (Lipinski definition) is 4. The maximum atomic E-state index is 5.49. The van der Waals surface area contributed by atoms with Crippen molar-refractivity contribution in [2.45, 2.75) is 19.4 Å². The third-order valence-corrected chi connectivity index (χ3v) is 4.75. The van der Waals surface area contributed by atoms with Crippen LogP contribution >= 0.6 is 12.6 Å². The number of nitrogens with zero attached hydrogens (tertiary/aromatic N) is 1. The smallest absolute Gasteiger partial charge is 0.119 e. The van der Waals surface area contributed by atoms with Crippen LogP contribution in [0.2, 0.25) is 0 Å². The largest absolute Gasteiger partial charge is 0.497 e. The molecule has 0 bridgehead atoms. The number of methoxy groups -OCH3 is 1. The second-order valence-corrected chi connectivity index (χ2v) is 6.11. The molecule has 0 spiro atoms. The van der Waals surface area contributed by atoms with Crippen molar-refractivity contribution in [2.75, 3.05) is 39.7 Å². The van der Waals surface area contributed by atoms with Gasteiger partial charge >= 0.3 is 0 Å². The zero-order valence-corrected chi connectivity index (χ0v) is 13.4. The zero-order chi connectivity index (χ0) is 14.4. The Hall–Kier alpha value is -0.710. The summed E-state index contributed by atoms with van der Waals surface area (Å²) < 4.78 is 10.8. The molecule has 4 heteroatoms. The van der Waals surface area contributed by atoms with E-state index in [0.717, 1.165) is 50.6 Å². The van der Waals surface area contributed by atoms with Gasteiger partial charge in [-0.05, 0) is 48.8 Å². The summed E-state index contributed by atoms with van der Waals surface area (Å²) in [5.74, 6) is 1.85. The minimum atomic E-state index is 0.301.